The highest BCUT2D eigenvalue weighted by atomic mass is 15.1. The Morgan fingerprint density at radius 2 is 1.88 bits per heavy atom. The van der Waals surface area contributed by atoms with Gasteiger partial charge in [0.15, 0.2) is 0 Å². The molecule has 0 aliphatic carbocycles. The van der Waals surface area contributed by atoms with Crippen LogP contribution in [0.4, 0.5) is 5.69 Å². The number of rotatable bonds is 2. The van der Waals surface area contributed by atoms with Gasteiger partial charge < -0.3 is 10.6 Å². The van der Waals surface area contributed by atoms with Gasteiger partial charge in [-0.3, -0.25) is 0 Å². The summed E-state index contributed by atoms with van der Waals surface area (Å²) >= 11 is 0. The van der Waals surface area contributed by atoms with Crippen LogP contribution in [-0.4, -0.2) is 13.1 Å². The van der Waals surface area contributed by atoms with Crippen LogP contribution in [0.15, 0.2) is 18.2 Å². The number of aryl methyl sites for hydroxylation is 1. The van der Waals surface area contributed by atoms with Gasteiger partial charge in [0, 0.05) is 24.8 Å². The molecule has 1 aromatic carbocycles. The molecule has 1 fully saturated rings. The topological polar surface area (TPSA) is 29.3 Å². The summed E-state index contributed by atoms with van der Waals surface area (Å²) in [7, 11) is 0. The molecule has 1 saturated heterocycles. The van der Waals surface area contributed by atoms with Crippen LogP contribution in [0.2, 0.25) is 0 Å². The van der Waals surface area contributed by atoms with Crippen LogP contribution < -0.4 is 10.6 Å². The maximum atomic E-state index is 6.06. The summed E-state index contributed by atoms with van der Waals surface area (Å²) < 4.78 is 0. The minimum atomic E-state index is 0.122. The maximum Gasteiger partial charge on any atom is 0.0414 e. The molecule has 2 heteroatoms. The van der Waals surface area contributed by atoms with Crippen molar-refractivity contribution in [2.45, 2.75) is 39.2 Å². The first-order chi connectivity index (χ1) is 7.68. The van der Waals surface area contributed by atoms with Crippen LogP contribution in [0.1, 0.15) is 43.4 Å². The lowest BCUT2D eigenvalue weighted by molar-refractivity contribution is 0.574. The number of anilines is 1. The van der Waals surface area contributed by atoms with Gasteiger partial charge in [0.25, 0.3) is 0 Å². The molecule has 16 heavy (non-hydrogen) atoms. The predicted octanol–water partition coefficient (Wildman–Crippen LogP) is 3.01. The molecule has 1 aromatic rings. The molecule has 0 radical (unpaired) electrons. The fraction of sp³-hybridized carbons (Fsp3) is 0.571. The van der Waals surface area contributed by atoms with Gasteiger partial charge in [0.05, 0.1) is 0 Å². The van der Waals surface area contributed by atoms with E-state index in [2.05, 4.69) is 36.9 Å². The molecular formula is C14H22N2. The number of hydrogen-bond donors (Lipinski definition) is 1. The third-order valence-electron chi connectivity index (χ3n) is 3.37. The van der Waals surface area contributed by atoms with E-state index in [-0.39, 0.29) is 6.04 Å². The lowest BCUT2D eigenvalue weighted by Gasteiger charge is -2.31. The van der Waals surface area contributed by atoms with Crippen molar-refractivity contribution in [1.29, 1.82) is 0 Å². The lowest BCUT2D eigenvalue weighted by atomic mass is 10.0. The fourth-order valence-electron chi connectivity index (χ4n) is 2.46. The number of nitrogens with zero attached hydrogens (tertiary/aromatic N) is 1. The minimum absolute atomic E-state index is 0.122. The number of piperidine rings is 1. The quantitative estimate of drug-likeness (QED) is 0.827. The molecule has 2 rings (SSSR count). The first-order valence-electron chi connectivity index (χ1n) is 6.29. The van der Waals surface area contributed by atoms with E-state index in [1.54, 1.807) is 0 Å². The molecule has 88 valence electrons. The smallest absolute Gasteiger partial charge is 0.0414 e. The summed E-state index contributed by atoms with van der Waals surface area (Å²) in [5, 5.41) is 0. The molecule has 2 nitrogen and oxygen atoms in total. The number of hydrogen-bond acceptors (Lipinski definition) is 2. The summed E-state index contributed by atoms with van der Waals surface area (Å²) in [6.07, 6.45) is 3.99. The monoisotopic (exact) mass is 218 g/mol. The van der Waals surface area contributed by atoms with Gasteiger partial charge in [0.2, 0.25) is 0 Å². The van der Waals surface area contributed by atoms with Gasteiger partial charge in [-0.25, -0.2) is 0 Å². The van der Waals surface area contributed by atoms with Crippen molar-refractivity contribution < 1.29 is 0 Å². The van der Waals surface area contributed by atoms with E-state index in [0.29, 0.717) is 0 Å². The molecule has 0 bridgehead atoms. The van der Waals surface area contributed by atoms with Crippen LogP contribution in [-0.2, 0) is 0 Å². The second-order valence-corrected chi connectivity index (χ2v) is 4.90. The Bertz CT molecular complexity index is 352. The molecule has 0 spiro atoms. The second kappa shape index (κ2) is 4.88. The highest BCUT2D eigenvalue weighted by molar-refractivity contribution is 5.56. The first kappa shape index (κ1) is 11.5. The van der Waals surface area contributed by atoms with Gasteiger partial charge in [-0.05, 0) is 44.7 Å². The van der Waals surface area contributed by atoms with E-state index in [9.17, 15) is 0 Å². The zero-order valence-corrected chi connectivity index (χ0v) is 10.4. The first-order valence-corrected chi connectivity index (χ1v) is 6.29. The minimum Gasteiger partial charge on any atom is -0.371 e. The molecule has 1 unspecified atom stereocenters. The second-order valence-electron chi connectivity index (χ2n) is 4.90. The van der Waals surface area contributed by atoms with Crippen LogP contribution in [0.3, 0.4) is 0 Å². The molecule has 0 amide bonds. The van der Waals surface area contributed by atoms with Gasteiger partial charge >= 0.3 is 0 Å². The Morgan fingerprint density at radius 1 is 1.19 bits per heavy atom. The zero-order chi connectivity index (χ0) is 11.5. The van der Waals surface area contributed by atoms with Crippen LogP contribution in [0.25, 0.3) is 0 Å². The third kappa shape index (κ3) is 2.38. The maximum absolute atomic E-state index is 6.06. The van der Waals surface area contributed by atoms with E-state index >= 15 is 0 Å². The van der Waals surface area contributed by atoms with Crippen molar-refractivity contribution >= 4 is 5.69 Å². The van der Waals surface area contributed by atoms with Gasteiger partial charge in [-0.1, -0.05) is 17.7 Å². The molecule has 1 heterocycles. The fourth-order valence-corrected chi connectivity index (χ4v) is 2.46. The Labute approximate surface area is 98.4 Å². The summed E-state index contributed by atoms with van der Waals surface area (Å²) in [5.74, 6) is 0. The van der Waals surface area contributed by atoms with E-state index < -0.39 is 0 Å². The summed E-state index contributed by atoms with van der Waals surface area (Å²) in [6, 6.07) is 6.78. The van der Waals surface area contributed by atoms with E-state index in [0.717, 1.165) is 0 Å². The largest absolute Gasteiger partial charge is 0.371 e. The number of nitrogens with two attached hydrogens (primary N) is 1. The molecule has 1 aliphatic rings. The third-order valence-corrected chi connectivity index (χ3v) is 3.37. The molecular weight excluding hydrogens is 196 g/mol. The van der Waals surface area contributed by atoms with Crippen molar-refractivity contribution in [2.75, 3.05) is 18.0 Å². The van der Waals surface area contributed by atoms with E-state index in [1.807, 2.05) is 0 Å². The zero-order valence-electron chi connectivity index (χ0n) is 10.4. The van der Waals surface area contributed by atoms with Crippen LogP contribution in [0.5, 0.6) is 0 Å². The van der Waals surface area contributed by atoms with Crippen molar-refractivity contribution in [3.63, 3.8) is 0 Å². The Hall–Kier alpha value is -1.02. The summed E-state index contributed by atoms with van der Waals surface area (Å²) in [6.45, 7) is 6.57. The summed E-state index contributed by atoms with van der Waals surface area (Å²) in [4.78, 5) is 2.49. The summed E-state index contributed by atoms with van der Waals surface area (Å²) in [5.41, 5.74) is 10.0. The highest BCUT2D eigenvalue weighted by Gasteiger charge is 2.15. The standard InChI is InChI=1S/C14H22N2/c1-11-6-7-14(13(10-11)12(2)15)16-8-4-3-5-9-16/h6-7,10,12H,3-5,8-9,15H2,1-2H3. The SMILES string of the molecule is Cc1ccc(N2CCCCC2)c(C(C)N)c1. The molecule has 0 saturated carbocycles. The average molecular weight is 218 g/mol. The van der Waals surface area contributed by atoms with Gasteiger partial charge in [0.1, 0.15) is 0 Å². The Kier molecular flexibility index (Phi) is 3.49. The van der Waals surface area contributed by atoms with Crippen molar-refractivity contribution in [3.05, 3.63) is 29.3 Å². The van der Waals surface area contributed by atoms with Crippen molar-refractivity contribution in [3.8, 4) is 0 Å². The molecule has 2 N–H and O–H groups in total. The normalized spacial score (nSPS) is 18.6. The molecule has 1 atom stereocenters. The lowest BCUT2D eigenvalue weighted by Crippen LogP contribution is -2.31. The van der Waals surface area contributed by atoms with Crippen LogP contribution >= 0.6 is 0 Å². The number of benzene rings is 1. The Balaban J connectivity index is 2.31. The van der Waals surface area contributed by atoms with Crippen molar-refractivity contribution in [1.82, 2.24) is 0 Å². The van der Waals surface area contributed by atoms with Gasteiger partial charge in [-0.15, -0.1) is 0 Å². The Morgan fingerprint density at radius 3 is 2.50 bits per heavy atom. The van der Waals surface area contributed by atoms with E-state index in [4.69, 9.17) is 5.73 Å². The van der Waals surface area contributed by atoms with Crippen LogP contribution in [0, 0.1) is 6.92 Å². The van der Waals surface area contributed by atoms with E-state index in [1.165, 1.54) is 49.2 Å². The average Bonchev–Trinajstić information content (AvgIpc) is 2.30. The van der Waals surface area contributed by atoms with Crippen molar-refractivity contribution in [2.24, 2.45) is 5.73 Å². The predicted molar refractivity (Wildman–Crippen MR) is 69.8 cm³/mol. The molecule has 1 aliphatic heterocycles. The molecule has 0 aromatic heterocycles. The van der Waals surface area contributed by atoms with Gasteiger partial charge in [-0.2, -0.15) is 0 Å². The highest BCUT2D eigenvalue weighted by Crippen LogP contribution is 2.28.